The molecule has 1 unspecified atom stereocenters. The second-order valence-corrected chi connectivity index (χ2v) is 7.78. The third-order valence-corrected chi connectivity index (χ3v) is 5.73. The fourth-order valence-corrected chi connectivity index (χ4v) is 3.89. The zero-order chi connectivity index (χ0) is 23.5. The van der Waals surface area contributed by atoms with Gasteiger partial charge >= 0.3 is 0 Å². The van der Waals surface area contributed by atoms with E-state index in [0.29, 0.717) is 40.5 Å². The molecule has 4 rings (SSSR count). The van der Waals surface area contributed by atoms with Gasteiger partial charge in [-0.25, -0.2) is 5.01 Å². The zero-order valence-corrected chi connectivity index (χ0v) is 19.0. The van der Waals surface area contributed by atoms with Gasteiger partial charge in [-0.05, 0) is 48.9 Å². The molecule has 1 heterocycles. The highest BCUT2D eigenvalue weighted by molar-refractivity contribution is 6.06. The molecule has 0 spiro atoms. The molecule has 0 bridgehead atoms. The van der Waals surface area contributed by atoms with E-state index in [1.54, 1.807) is 38.5 Å². The zero-order valence-electron chi connectivity index (χ0n) is 19.0. The SMILES string of the molecule is COc1ccc(C2=NN(C(=O)c3ccc(C)cc3)C(c3ccc(OC)c(OC)c3)C2)c(O)c1. The smallest absolute Gasteiger partial charge is 0.274 e. The number of hydrogen-bond donors (Lipinski definition) is 1. The maximum Gasteiger partial charge on any atom is 0.274 e. The van der Waals surface area contributed by atoms with Gasteiger partial charge in [0.25, 0.3) is 5.91 Å². The highest BCUT2D eigenvalue weighted by Gasteiger charge is 2.35. The predicted octanol–water partition coefficient (Wildman–Crippen LogP) is 4.72. The number of carbonyl (C=O) groups excluding carboxylic acids is 1. The minimum atomic E-state index is -0.380. The monoisotopic (exact) mass is 446 g/mol. The minimum absolute atomic E-state index is 0.0452. The Kier molecular flexibility index (Phi) is 6.22. The first-order valence-electron chi connectivity index (χ1n) is 10.5. The first-order valence-corrected chi connectivity index (χ1v) is 10.5. The molecule has 3 aromatic rings. The fourth-order valence-electron chi connectivity index (χ4n) is 3.89. The van der Waals surface area contributed by atoms with Crippen molar-refractivity contribution >= 4 is 11.6 Å². The van der Waals surface area contributed by atoms with Crippen LogP contribution in [0.3, 0.4) is 0 Å². The van der Waals surface area contributed by atoms with E-state index >= 15 is 0 Å². The van der Waals surface area contributed by atoms with Crippen LogP contribution < -0.4 is 14.2 Å². The standard InChI is InChI=1S/C26H26N2O5/c1-16-5-7-17(8-6-16)26(30)28-22(18-9-12-24(32-3)25(13-18)33-4)15-21(27-28)20-11-10-19(31-2)14-23(20)29/h5-14,22,29H,15H2,1-4H3. The van der Waals surface area contributed by atoms with Gasteiger partial charge in [-0.3, -0.25) is 4.79 Å². The Morgan fingerprint density at radius 1 is 0.939 bits per heavy atom. The molecule has 170 valence electrons. The molecule has 1 N–H and O–H groups in total. The molecule has 0 fully saturated rings. The average molecular weight is 447 g/mol. The number of rotatable bonds is 6. The van der Waals surface area contributed by atoms with Crippen LogP contribution in [0.1, 0.15) is 39.5 Å². The molecule has 1 aliphatic heterocycles. The molecule has 3 aromatic carbocycles. The van der Waals surface area contributed by atoms with Crippen LogP contribution in [0.2, 0.25) is 0 Å². The Hall–Kier alpha value is -4.00. The van der Waals surface area contributed by atoms with E-state index in [0.717, 1.165) is 11.1 Å². The first-order chi connectivity index (χ1) is 15.9. The number of nitrogens with zero attached hydrogens (tertiary/aromatic N) is 2. The van der Waals surface area contributed by atoms with E-state index in [-0.39, 0.29) is 17.7 Å². The summed E-state index contributed by atoms with van der Waals surface area (Å²) in [5, 5.41) is 16.7. The summed E-state index contributed by atoms with van der Waals surface area (Å²) in [6.45, 7) is 1.97. The van der Waals surface area contributed by atoms with Gasteiger partial charge < -0.3 is 19.3 Å². The van der Waals surface area contributed by atoms with Gasteiger partial charge in [-0.1, -0.05) is 23.8 Å². The Balaban J connectivity index is 1.76. The maximum atomic E-state index is 13.5. The van der Waals surface area contributed by atoms with Gasteiger partial charge in [0.1, 0.15) is 11.5 Å². The molecule has 1 amide bonds. The Morgan fingerprint density at radius 2 is 1.67 bits per heavy atom. The van der Waals surface area contributed by atoms with Crippen molar-refractivity contribution in [3.05, 3.63) is 82.9 Å². The van der Waals surface area contributed by atoms with E-state index in [1.807, 2.05) is 37.3 Å². The molecular formula is C26H26N2O5. The van der Waals surface area contributed by atoms with Crippen LogP contribution in [-0.4, -0.2) is 43.1 Å². The number of aromatic hydroxyl groups is 1. The predicted molar refractivity (Wildman–Crippen MR) is 125 cm³/mol. The third-order valence-electron chi connectivity index (χ3n) is 5.73. The minimum Gasteiger partial charge on any atom is -0.507 e. The molecule has 0 saturated heterocycles. The van der Waals surface area contributed by atoms with Crippen LogP contribution in [0, 0.1) is 6.92 Å². The van der Waals surface area contributed by atoms with Gasteiger partial charge in [0.15, 0.2) is 11.5 Å². The Labute approximate surface area is 192 Å². The number of phenolic OH excluding ortho intramolecular Hbond substituents is 1. The quantitative estimate of drug-likeness (QED) is 0.593. The topological polar surface area (TPSA) is 80.6 Å². The molecule has 7 heteroatoms. The van der Waals surface area contributed by atoms with Gasteiger partial charge in [-0.2, -0.15) is 5.10 Å². The number of amides is 1. The van der Waals surface area contributed by atoms with Crippen LogP contribution in [-0.2, 0) is 0 Å². The van der Waals surface area contributed by atoms with Crippen molar-refractivity contribution in [2.45, 2.75) is 19.4 Å². The first kappa shape index (κ1) is 22.2. The highest BCUT2D eigenvalue weighted by Crippen LogP contribution is 2.39. The van der Waals surface area contributed by atoms with Crippen LogP contribution in [0.5, 0.6) is 23.0 Å². The van der Waals surface area contributed by atoms with Crippen LogP contribution >= 0.6 is 0 Å². The van der Waals surface area contributed by atoms with Gasteiger partial charge in [0.05, 0.1) is 33.1 Å². The van der Waals surface area contributed by atoms with Crippen molar-refractivity contribution in [1.29, 1.82) is 0 Å². The van der Waals surface area contributed by atoms with Crippen molar-refractivity contribution in [1.82, 2.24) is 5.01 Å². The van der Waals surface area contributed by atoms with E-state index in [4.69, 9.17) is 14.2 Å². The van der Waals surface area contributed by atoms with Crippen molar-refractivity contribution in [3.8, 4) is 23.0 Å². The summed E-state index contributed by atoms with van der Waals surface area (Å²) >= 11 is 0. The van der Waals surface area contributed by atoms with Crippen molar-refractivity contribution in [3.63, 3.8) is 0 Å². The summed E-state index contributed by atoms with van der Waals surface area (Å²) in [5.41, 5.74) is 3.61. The van der Waals surface area contributed by atoms with Crippen LogP contribution in [0.25, 0.3) is 0 Å². The Morgan fingerprint density at radius 3 is 2.30 bits per heavy atom. The van der Waals surface area contributed by atoms with Crippen molar-refractivity contribution in [2.75, 3.05) is 21.3 Å². The number of phenols is 1. The molecule has 0 aromatic heterocycles. The number of benzene rings is 3. The van der Waals surface area contributed by atoms with E-state index in [2.05, 4.69) is 5.10 Å². The summed E-state index contributed by atoms with van der Waals surface area (Å²) in [6.07, 6.45) is 0.424. The number of carbonyl (C=O) groups is 1. The number of hydrogen-bond acceptors (Lipinski definition) is 6. The number of methoxy groups -OCH3 is 3. The summed E-state index contributed by atoms with van der Waals surface area (Å²) < 4.78 is 16.0. The van der Waals surface area contributed by atoms with Crippen molar-refractivity contribution in [2.24, 2.45) is 5.10 Å². The number of aryl methyl sites for hydroxylation is 1. The maximum absolute atomic E-state index is 13.5. The fraction of sp³-hybridized carbons (Fsp3) is 0.231. The van der Waals surface area contributed by atoms with Gasteiger partial charge in [-0.15, -0.1) is 0 Å². The molecule has 33 heavy (non-hydrogen) atoms. The molecule has 1 atom stereocenters. The third kappa shape index (κ3) is 4.35. The molecule has 0 radical (unpaired) electrons. The molecular weight excluding hydrogens is 420 g/mol. The molecule has 1 aliphatic rings. The highest BCUT2D eigenvalue weighted by atomic mass is 16.5. The van der Waals surface area contributed by atoms with Crippen molar-refractivity contribution < 1.29 is 24.1 Å². The summed E-state index contributed by atoms with van der Waals surface area (Å²) in [6, 6.07) is 17.6. The molecule has 7 nitrogen and oxygen atoms in total. The normalized spacial score (nSPS) is 15.2. The van der Waals surface area contributed by atoms with E-state index < -0.39 is 0 Å². The van der Waals surface area contributed by atoms with Gasteiger partial charge in [0, 0.05) is 23.6 Å². The van der Waals surface area contributed by atoms with Crippen LogP contribution in [0.4, 0.5) is 0 Å². The van der Waals surface area contributed by atoms with Gasteiger partial charge in [0.2, 0.25) is 0 Å². The lowest BCUT2D eigenvalue weighted by atomic mass is 9.97. The number of ether oxygens (including phenoxy) is 3. The largest absolute Gasteiger partial charge is 0.507 e. The molecule has 0 saturated carbocycles. The van der Waals surface area contributed by atoms with E-state index in [1.165, 1.54) is 18.2 Å². The lowest BCUT2D eigenvalue weighted by Gasteiger charge is -2.23. The Bertz CT molecular complexity index is 1200. The average Bonchev–Trinajstić information content (AvgIpc) is 3.28. The second kappa shape index (κ2) is 9.24. The lowest BCUT2D eigenvalue weighted by molar-refractivity contribution is 0.0711. The summed E-state index contributed by atoms with van der Waals surface area (Å²) in [5.74, 6) is 1.53. The summed E-state index contributed by atoms with van der Waals surface area (Å²) in [7, 11) is 4.69. The second-order valence-electron chi connectivity index (χ2n) is 7.78. The summed E-state index contributed by atoms with van der Waals surface area (Å²) in [4.78, 5) is 13.5. The molecule has 0 aliphatic carbocycles. The van der Waals surface area contributed by atoms with E-state index in [9.17, 15) is 9.90 Å². The number of hydrazone groups is 1. The van der Waals surface area contributed by atoms with Crippen LogP contribution in [0.15, 0.2) is 65.8 Å². The lowest BCUT2D eigenvalue weighted by Crippen LogP contribution is -2.27.